The molecule has 0 unspecified atom stereocenters. The number of fused-ring (bicyclic) bond motifs is 8. The van der Waals surface area contributed by atoms with Gasteiger partial charge in [0.1, 0.15) is 11.9 Å². The third-order valence-electron chi connectivity index (χ3n) is 8.32. The molecule has 0 spiro atoms. The average Bonchev–Trinajstić information content (AvgIpc) is 3.83. The first-order chi connectivity index (χ1) is 21.4. The zero-order valence-corrected chi connectivity index (χ0v) is 24.2. The van der Waals surface area contributed by atoms with E-state index in [1.807, 2.05) is 54.6 Å². The van der Waals surface area contributed by atoms with Crippen LogP contribution in [0.1, 0.15) is 50.7 Å². The van der Waals surface area contributed by atoms with E-state index in [0.29, 0.717) is 35.1 Å². The van der Waals surface area contributed by atoms with Gasteiger partial charge in [-0.05, 0) is 60.9 Å². The fourth-order valence-corrected chi connectivity index (χ4v) is 5.77. The first-order valence-electron chi connectivity index (χ1n) is 14.8. The first-order valence-corrected chi connectivity index (χ1v) is 14.8. The topological polar surface area (TPSA) is 119 Å². The fraction of sp³-hybridized carbons (Fsp3) is 0.294. The molecule has 2 fully saturated rings. The highest BCUT2D eigenvalue weighted by atomic mass is 16.5. The molecular formula is C34H32N4O6. The predicted molar refractivity (Wildman–Crippen MR) is 162 cm³/mol. The number of hydrogen-bond donors (Lipinski definition) is 2. The number of nitrogens with zero attached hydrogens (tertiary/aromatic N) is 2. The Kier molecular flexibility index (Phi) is 7.25. The van der Waals surface area contributed by atoms with E-state index in [1.165, 1.54) is 7.11 Å². The van der Waals surface area contributed by atoms with Crippen LogP contribution in [0.3, 0.4) is 0 Å². The minimum absolute atomic E-state index is 0.121. The summed E-state index contributed by atoms with van der Waals surface area (Å²) < 4.78 is 17.5. The van der Waals surface area contributed by atoms with Gasteiger partial charge in [0.15, 0.2) is 18.1 Å². The Balaban J connectivity index is 1.21. The minimum Gasteiger partial charge on any atom is -0.493 e. The van der Waals surface area contributed by atoms with Crippen LogP contribution in [0.5, 0.6) is 17.2 Å². The average molecular weight is 593 g/mol. The van der Waals surface area contributed by atoms with Gasteiger partial charge >= 0.3 is 0 Å². The molecule has 4 aromatic rings. The van der Waals surface area contributed by atoms with E-state index in [2.05, 4.69) is 10.6 Å². The summed E-state index contributed by atoms with van der Waals surface area (Å²) in [6, 6.07) is 21.4. The molecule has 2 N–H and O–H groups in total. The Morgan fingerprint density at radius 3 is 2.61 bits per heavy atom. The molecule has 0 radical (unpaired) electrons. The molecule has 1 aromatic heterocycles. The molecule has 10 heteroatoms. The van der Waals surface area contributed by atoms with Crippen molar-refractivity contribution in [2.45, 2.75) is 37.5 Å². The summed E-state index contributed by atoms with van der Waals surface area (Å²) in [5.41, 5.74) is 3.58. The number of carbonyl (C=O) groups excluding carboxylic acids is 3. The summed E-state index contributed by atoms with van der Waals surface area (Å²) in [7, 11) is 1.49. The number of ether oxygens (including phenoxy) is 3. The van der Waals surface area contributed by atoms with E-state index < -0.39 is 12.1 Å². The zero-order valence-electron chi connectivity index (χ0n) is 24.2. The van der Waals surface area contributed by atoms with Crippen LogP contribution in [0, 0.1) is 0 Å². The lowest BCUT2D eigenvalue weighted by Crippen LogP contribution is -2.45. The number of rotatable bonds is 3. The predicted octanol–water partition coefficient (Wildman–Crippen LogP) is 3.83. The Labute approximate surface area is 254 Å². The van der Waals surface area contributed by atoms with Gasteiger partial charge in [-0.3, -0.25) is 19.4 Å². The highest BCUT2D eigenvalue weighted by Crippen LogP contribution is 2.40. The van der Waals surface area contributed by atoms with Crippen molar-refractivity contribution in [3.05, 3.63) is 95.2 Å². The lowest BCUT2D eigenvalue weighted by atomic mass is 10.0. The number of hydrogen-bond acceptors (Lipinski definition) is 7. The van der Waals surface area contributed by atoms with Gasteiger partial charge in [0.25, 0.3) is 17.7 Å². The fourth-order valence-electron chi connectivity index (χ4n) is 5.77. The van der Waals surface area contributed by atoms with Crippen molar-refractivity contribution in [1.82, 2.24) is 20.5 Å². The molecule has 1 saturated carbocycles. The summed E-state index contributed by atoms with van der Waals surface area (Å²) in [5.74, 6) is 0.875. The van der Waals surface area contributed by atoms with Gasteiger partial charge < -0.3 is 29.7 Å². The van der Waals surface area contributed by atoms with Crippen molar-refractivity contribution in [2.75, 3.05) is 26.8 Å². The summed E-state index contributed by atoms with van der Waals surface area (Å²) in [6.45, 7) is 0.627. The number of methoxy groups -OCH3 is 1. The normalized spacial score (nSPS) is 20.2. The Morgan fingerprint density at radius 1 is 1.00 bits per heavy atom. The monoisotopic (exact) mass is 592 g/mol. The second-order valence-corrected chi connectivity index (χ2v) is 11.4. The molecule has 3 aliphatic heterocycles. The number of nitrogens with one attached hydrogen (secondary N) is 2. The summed E-state index contributed by atoms with van der Waals surface area (Å²) >= 11 is 0. The Bertz CT molecular complexity index is 1750. The van der Waals surface area contributed by atoms with Gasteiger partial charge in [0.2, 0.25) is 0 Å². The summed E-state index contributed by atoms with van der Waals surface area (Å²) in [5, 5.41) is 6.73. The van der Waals surface area contributed by atoms with Gasteiger partial charge in [-0.25, -0.2) is 0 Å². The van der Waals surface area contributed by atoms with Crippen molar-refractivity contribution in [3.8, 4) is 17.2 Å². The van der Waals surface area contributed by atoms with Crippen LogP contribution in [0.15, 0.2) is 72.8 Å². The number of para-hydroxylation sites is 1. The second-order valence-electron chi connectivity index (χ2n) is 11.4. The molecule has 4 heterocycles. The van der Waals surface area contributed by atoms with Crippen LogP contribution < -0.4 is 24.8 Å². The van der Waals surface area contributed by atoms with Crippen LogP contribution in [0.4, 0.5) is 0 Å². The van der Waals surface area contributed by atoms with Gasteiger partial charge in [0, 0.05) is 35.7 Å². The number of amides is 3. The molecule has 3 aromatic carbocycles. The van der Waals surface area contributed by atoms with E-state index in [1.54, 1.807) is 23.1 Å². The van der Waals surface area contributed by atoms with Crippen molar-refractivity contribution < 1.29 is 28.6 Å². The van der Waals surface area contributed by atoms with Crippen molar-refractivity contribution in [1.29, 1.82) is 0 Å². The van der Waals surface area contributed by atoms with E-state index in [0.717, 1.165) is 35.0 Å². The maximum absolute atomic E-state index is 14.1. The minimum atomic E-state index is -0.505. The molecule has 44 heavy (non-hydrogen) atoms. The molecule has 224 valence electrons. The molecule has 2 atom stereocenters. The lowest BCUT2D eigenvalue weighted by molar-refractivity contribution is -0.123. The smallest absolute Gasteiger partial charge is 0.258 e. The molecule has 4 aliphatic rings. The highest BCUT2D eigenvalue weighted by Gasteiger charge is 2.39. The Hall–Kier alpha value is -5.12. The van der Waals surface area contributed by atoms with Crippen molar-refractivity contribution in [3.63, 3.8) is 0 Å². The van der Waals surface area contributed by atoms with E-state index in [9.17, 15) is 14.4 Å². The van der Waals surface area contributed by atoms with Crippen LogP contribution >= 0.6 is 0 Å². The van der Waals surface area contributed by atoms with Gasteiger partial charge in [-0.1, -0.05) is 30.3 Å². The molecule has 8 rings (SSSR count). The second kappa shape index (κ2) is 11.5. The van der Waals surface area contributed by atoms with E-state index in [-0.39, 0.29) is 43.2 Å². The first kappa shape index (κ1) is 27.7. The maximum atomic E-state index is 14.1. The van der Waals surface area contributed by atoms with Crippen molar-refractivity contribution in [2.24, 2.45) is 0 Å². The van der Waals surface area contributed by atoms with Crippen LogP contribution in [0.25, 0.3) is 10.9 Å². The quantitative estimate of drug-likeness (QED) is 0.371. The van der Waals surface area contributed by atoms with Gasteiger partial charge in [-0.15, -0.1) is 0 Å². The maximum Gasteiger partial charge on any atom is 0.258 e. The number of carbonyl (C=O) groups is 3. The highest BCUT2D eigenvalue weighted by molar-refractivity contribution is 6.06. The third kappa shape index (κ3) is 5.62. The van der Waals surface area contributed by atoms with E-state index in [4.69, 9.17) is 19.2 Å². The number of benzene rings is 3. The summed E-state index contributed by atoms with van der Waals surface area (Å²) in [6.07, 6.45) is 1.65. The van der Waals surface area contributed by atoms with Crippen LogP contribution in [-0.4, -0.2) is 66.6 Å². The number of aromatic nitrogens is 1. The number of likely N-dealkylation sites (tertiary alicyclic amines) is 1. The molecule has 10 nitrogen and oxygen atoms in total. The molecule has 1 saturated heterocycles. The third-order valence-corrected chi connectivity index (χ3v) is 8.32. The molecular weight excluding hydrogens is 560 g/mol. The number of pyridine rings is 1. The standard InChI is InChI=1S/C34H32N4O6/c1-42-29-13-10-22-14-30(29)43-19-32(39)35-16-20-6-11-23(12-7-20)44-31-18-38(17-28(31)37-33(22)40)34(41)25-15-27(21-8-9-21)36-26-5-3-2-4-24(25)26/h2-7,10-15,21,28,31H,8-9,16-19H2,1H3,(H,35,39)(H,37,40)/t28-,31-/m0/s1. The molecule has 3 amide bonds. The van der Waals surface area contributed by atoms with Crippen LogP contribution in [0.2, 0.25) is 0 Å². The zero-order chi connectivity index (χ0) is 30.2. The van der Waals surface area contributed by atoms with Crippen LogP contribution in [-0.2, 0) is 11.3 Å². The molecule has 4 bridgehead atoms. The lowest BCUT2D eigenvalue weighted by Gasteiger charge is -2.21. The summed E-state index contributed by atoms with van der Waals surface area (Å²) in [4.78, 5) is 46.7. The Morgan fingerprint density at radius 2 is 1.82 bits per heavy atom. The van der Waals surface area contributed by atoms with Crippen molar-refractivity contribution >= 4 is 28.6 Å². The SMILES string of the molecule is COc1ccc2cc1OCC(=O)NCc1ccc(cc1)O[C@H]1CN(C(=O)c3cc(C4CC4)nc4ccccc34)C[C@@H]1NC2=O. The molecule has 1 aliphatic carbocycles. The van der Waals surface area contributed by atoms with E-state index >= 15 is 0 Å². The van der Waals surface area contributed by atoms with Gasteiger partial charge in [-0.2, -0.15) is 0 Å². The van der Waals surface area contributed by atoms with Gasteiger partial charge in [0.05, 0.1) is 30.8 Å². The largest absolute Gasteiger partial charge is 0.493 e.